The highest BCUT2D eigenvalue weighted by atomic mass is 35.5. The van der Waals surface area contributed by atoms with Crippen molar-refractivity contribution in [1.29, 1.82) is 0 Å². The fourth-order valence-electron chi connectivity index (χ4n) is 3.81. The lowest BCUT2D eigenvalue weighted by Gasteiger charge is -2.36. The Bertz CT molecular complexity index is 1040. The van der Waals surface area contributed by atoms with Gasteiger partial charge in [-0.1, -0.05) is 84.4 Å². The van der Waals surface area contributed by atoms with Gasteiger partial charge in [-0.3, -0.25) is 4.79 Å². The van der Waals surface area contributed by atoms with Crippen LogP contribution in [0.25, 0.3) is 0 Å². The second kappa shape index (κ2) is 8.06. The van der Waals surface area contributed by atoms with Crippen molar-refractivity contribution in [2.45, 2.75) is 17.9 Å². The number of halogens is 1. The molecule has 0 bridgehead atoms. The number of Topliss-reactive ketones (excluding diaryl/α,β-unsaturated/α-hetero) is 1. The average Bonchev–Trinajstić information content (AvgIpc) is 3.16. The predicted molar refractivity (Wildman–Crippen MR) is 113 cm³/mol. The zero-order chi connectivity index (χ0) is 20.3. The third-order valence-electron chi connectivity index (χ3n) is 5.24. The molecule has 0 saturated carbocycles. The van der Waals surface area contributed by atoms with Crippen LogP contribution in [0.4, 0.5) is 0 Å². The van der Waals surface area contributed by atoms with Gasteiger partial charge >= 0.3 is 5.97 Å². The van der Waals surface area contributed by atoms with Gasteiger partial charge in [0.1, 0.15) is 0 Å². The summed E-state index contributed by atoms with van der Waals surface area (Å²) >= 11 is 6.09. The first-order valence-electron chi connectivity index (χ1n) is 9.40. The second-order valence-corrected chi connectivity index (χ2v) is 7.45. The summed E-state index contributed by atoms with van der Waals surface area (Å²) in [7, 11) is 0. The monoisotopic (exact) mass is 402 g/mol. The molecule has 3 aromatic carbocycles. The van der Waals surface area contributed by atoms with E-state index < -0.39 is 17.5 Å². The molecule has 0 spiro atoms. The molecular weight excluding hydrogens is 384 g/mol. The molecule has 29 heavy (non-hydrogen) atoms. The maximum atomic E-state index is 13.1. The minimum atomic E-state index is -1.06. The number of ether oxygens (including phenoxy) is 1. The van der Waals surface area contributed by atoms with Gasteiger partial charge in [0.2, 0.25) is 0 Å². The molecule has 1 aliphatic rings. The van der Waals surface area contributed by atoms with E-state index in [1.165, 1.54) is 6.08 Å². The highest BCUT2D eigenvalue weighted by molar-refractivity contribution is 6.30. The van der Waals surface area contributed by atoms with Crippen molar-refractivity contribution in [1.82, 2.24) is 0 Å². The zero-order valence-corrected chi connectivity index (χ0v) is 16.4. The van der Waals surface area contributed by atoms with Gasteiger partial charge in [-0.2, -0.15) is 0 Å². The molecule has 3 aromatic rings. The molecule has 0 aromatic heterocycles. The number of benzene rings is 3. The fraction of sp³-hybridized carbons (Fsp3) is 0.120. The van der Waals surface area contributed by atoms with Crippen LogP contribution in [0.3, 0.4) is 0 Å². The summed E-state index contributed by atoms with van der Waals surface area (Å²) in [5.41, 5.74) is 1.27. The van der Waals surface area contributed by atoms with Gasteiger partial charge < -0.3 is 4.74 Å². The van der Waals surface area contributed by atoms with E-state index in [4.69, 9.17) is 16.3 Å². The lowest BCUT2D eigenvalue weighted by atomic mass is 9.74. The van der Waals surface area contributed by atoms with E-state index in [0.717, 1.165) is 11.1 Å². The Morgan fingerprint density at radius 3 is 2.10 bits per heavy atom. The van der Waals surface area contributed by atoms with Gasteiger partial charge in [-0.15, -0.1) is 0 Å². The molecule has 0 radical (unpaired) electrons. The summed E-state index contributed by atoms with van der Waals surface area (Å²) in [6, 6.07) is 26.0. The molecule has 0 aliphatic carbocycles. The third kappa shape index (κ3) is 3.87. The van der Waals surface area contributed by atoms with Crippen molar-refractivity contribution < 1.29 is 14.3 Å². The van der Waals surface area contributed by atoms with E-state index in [1.54, 1.807) is 30.3 Å². The Labute approximate surface area is 174 Å². The fourth-order valence-corrected chi connectivity index (χ4v) is 3.93. The number of hydrogen-bond donors (Lipinski definition) is 0. The Kier molecular flexibility index (Phi) is 5.32. The number of carbonyl (C=O) groups excluding carboxylic acids is 2. The number of ketones is 1. The van der Waals surface area contributed by atoms with Crippen LogP contribution in [0.1, 0.15) is 33.8 Å². The molecule has 1 heterocycles. The van der Waals surface area contributed by atoms with Crippen molar-refractivity contribution in [2.24, 2.45) is 0 Å². The number of hydrogen-bond acceptors (Lipinski definition) is 3. The first-order valence-corrected chi connectivity index (χ1v) is 9.78. The molecule has 0 N–H and O–H groups in total. The van der Waals surface area contributed by atoms with Crippen LogP contribution in [0.2, 0.25) is 5.02 Å². The Hall–Kier alpha value is -3.17. The van der Waals surface area contributed by atoms with Gasteiger partial charge in [0.05, 0.1) is 0 Å². The first-order chi connectivity index (χ1) is 14.1. The number of esters is 1. The van der Waals surface area contributed by atoms with Gasteiger partial charge in [-0.05, 0) is 23.8 Å². The van der Waals surface area contributed by atoms with E-state index in [1.807, 2.05) is 60.7 Å². The molecule has 4 heteroatoms. The van der Waals surface area contributed by atoms with E-state index >= 15 is 0 Å². The van der Waals surface area contributed by atoms with Crippen LogP contribution < -0.4 is 0 Å². The summed E-state index contributed by atoms with van der Waals surface area (Å²) in [4.78, 5) is 25.3. The van der Waals surface area contributed by atoms with E-state index in [2.05, 4.69) is 0 Å². The van der Waals surface area contributed by atoms with Crippen LogP contribution in [0.5, 0.6) is 0 Å². The van der Waals surface area contributed by atoms with E-state index in [0.29, 0.717) is 10.6 Å². The number of carbonyl (C=O) groups is 2. The molecule has 3 nitrogen and oxygen atoms in total. The van der Waals surface area contributed by atoms with E-state index in [9.17, 15) is 9.59 Å². The average molecular weight is 403 g/mol. The topological polar surface area (TPSA) is 43.4 Å². The standard InChI is InChI=1S/C25H19ClO3/c26-21-13-11-18(12-14-21)22(17-23(27)19-7-3-1-4-8-19)25(16-15-24(28)29-25)20-9-5-2-6-10-20/h1-16,22H,17H2/t22-,25-/m1/s1. The normalized spacial score (nSPS) is 19.0. The van der Waals surface area contributed by atoms with Crippen molar-refractivity contribution in [3.8, 4) is 0 Å². The quantitative estimate of drug-likeness (QED) is 0.392. The summed E-state index contributed by atoms with van der Waals surface area (Å²) in [5, 5.41) is 0.606. The lowest BCUT2D eigenvalue weighted by molar-refractivity contribution is -0.148. The highest BCUT2D eigenvalue weighted by Gasteiger charge is 2.46. The SMILES string of the molecule is O=C1C=C[C@@](c2ccccc2)([C@H](CC(=O)c2ccccc2)c2ccc(Cl)cc2)O1. The van der Waals surface area contributed by atoms with E-state index in [-0.39, 0.29) is 12.2 Å². The van der Waals surface area contributed by atoms with Crippen LogP contribution >= 0.6 is 11.6 Å². The molecule has 0 fully saturated rings. The summed E-state index contributed by atoms with van der Waals surface area (Å²) in [5.74, 6) is -0.838. The third-order valence-corrected chi connectivity index (χ3v) is 5.49. The van der Waals surface area contributed by atoms with Gasteiger partial charge in [0.25, 0.3) is 0 Å². The molecule has 144 valence electrons. The van der Waals surface area contributed by atoms with Gasteiger partial charge in [0.15, 0.2) is 11.4 Å². The maximum absolute atomic E-state index is 13.1. The van der Waals surface area contributed by atoms with Crippen LogP contribution in [-0.2, 0) is 15.1 Å². The minimum Gasteiger partial charge on any atom is -0.446 e. The number of cyclic esters (lactones) is 1. The molecule has 2 atom stereocenters. The molecule has 4 rings (SSSR count). The Balaban J connectivity index is 1.82. The Morgan fingerprint density at radius 2 is 1.52 bits per heavy atom. The highest BCUT2D eigenvalue weighted by Crippen LogP contribution is 2.46. The second-order valence-electron chi connectivity index (χ2n) is 7.01. The van der Waals surface area contributed by atoms with Gasteiger partial charge in [0, 0.05) is 34.6 Å². The van der Waals surface area contributed by atoms with Crippen LogP contribution in [-0.4, -0.2) is 11.8 Å². The van der Waals surface area contributed by atoms with Crippen molar-refractivity contribution in [2.75, 3.05) is 0 Å². The molecular formula is C25H19ClO3. The summed E-state index contributed by atoms with van der Waals surface area (Å²) in [6.45, 7) is 0. The molecule has 0 amide bonds. The Morgan fingerprint density at radius 1 is 0.897 bits per heavy atom. The largest absolute Gasteiger partial charge is 0.446 e. The first kappa shape index (κ1) is 19.2. The summed E-state index contributed by atoms with van der Waals surface area (Å²) in [6.07, 6.45) is 3.38. The predicted octanol–water partition coefficient (Wildman–Crippen LogP) is 5.71. The lowest BCUT2D eigenvalue weighted by Crippen LogP contribution is -2.35. The van der Waals surface area contributed by atoms with Crippen molar-refractivity contribution >= 4 is 23.4 Å². The number of rotatable bonds is 6. The van der Waals surface area contributed by atoms with Crippen LogP contribution in [0.15, 0.2) is 97.1 Å². The summed E-state index contributed by atoms with van der Waals surface area (Å²) < 4.78 is 5.88. The smallest absolute Gasteiger partial charge is 0.331 e. The molecule has 1 aliphatic heterocycles. The molecule has 0 unspecified atom stereocenters. The minimum absolute atomic E-state index is 0.0165. The van der Waals surface area contributed by atoms with Crippen LogP contribution in [0, 0.1) is 0 Å². The van der Waals surface area contributed by atoms with Crippen molar-refractivity contribution in [3.05, 3.63) is 119 Å². The maximum Gasteiger partial charge on any atom is 0.331 e. The molecule has 0 saturated heterocycles. The zero-order valence-electron chi connectivity index (χ0n) is 15.6. The van der Waals surface area contributed by atoms with Crippen molar-refractivity contribution in [3.63, 3.8) is 0 Å². The van der Waals surface area contributed by atoms with Gasteiger partial charge in [-0.25, -0.2) is 4.79 Å².